The summed E-state index contributed by atoms with van der Waals surface area (Å²) in [7, 11) is 0. The molecule has 1 aliphatic rings. The molecule has 5 heteroatoms. The van der Waals surface area contributed by atoms with E-state index in [1.54, 1.807) is 12.7 Å². The predicted molar refractivity (Wildman–Crippen MR) is 90.6 cm³/mol. The number of benzene rings is 1. The van der Waals surface area contributed by atoms with Crippen molar-refractivity contribution in [2.24, 2.45) is 0 Å². The molecule has 0 saturated heterocycles. The van der Waals surface area contributed by atoms with Crippen LogP contribution in [0.3, 0.4) is 0 Å². The van der Waals surface area contributed by atoms with Gasteiger partial charge in [-0.15, -0.1) is 10.2 Å². The molecule has 0 bridgehead atoms. The van der Waals surface area contributed by atoms with Crippen LogP contribution in [0.2, 0.25) is 0 Å². The maximum absolute atomic E-state index is 5.89. The van der Waals surface area contributed by atoms with Crippen LogP contribution in [0.5, 0.6) is 5.75 Å². The van der Waals surface area contributed by atoms with Crippen molar-refractivity contribution in [2.45, 2.75) is 52.0 Å². The van der Waals surface area contributed by atoms with Gasteiger partial charge in [0, 0.05) is 24.3 Å². The molecule has 0 unspecified atom stereocenters. The molecule has 23 heavy (non-hydrogen) atoms. The minimum absolute atomic E-state index is 0.702. The highest BCUT2D eigenvalue weighted by atomic mass is 16.5. The summed E-state index contributed by atoms with van der Waals surface area (Å²) in [6.45, 7) is 5.03. The predicted octanol–water partition coefficient (Wildman–Crippen LogP) is 3.78. The molecular weight excluding hydrogens is 288 g/mol. The minimum atomic E-state index is 0.702. The Kier molecular flexibility index (Phi) is 5.64. The van der Waals surface area contributed by atoms with Gasteiger partial charge in [-0.1, -0.05) is 39.0 Å². The normalized spacial score (nSPS) is 14.5. The highest BCUT2D eigenvalue weighted by Crippen LogP contribution is 2.27. The molecule has 0 fully saturated rings. The van der Waals surface area contributed by atoms with Gasteiger partial charge in [-0.25, -0.2) is 0 Å². The number of fused-ring (bicyclic) bond motifs is 1. The third kappa shape index (κ3) is 4.32. The van der Waals surface area contributed by atoms with Crippen molar-refractivity contribution in [1.29, 1.82) is 0 Å². The Morgan fingerprint density at radius 3 is 2.65 bits per heavy atom. The van der Waals surface area contributed by atoms with Crippen LogP contribution < -0.4 is 4.74 Å². The van der Waals surface area contributed by atoms with Gasteiger partial charge in [0.1, 0.15) is 25.1 Å². The van der Waals surface area contributed by atoms with Crippen molar-refractivity contribution in [2.75, 3.05) is 13.3 Å². The summed E-state index contributed by atoms with van der Waals surface area (Å²) < 4.78 is 7.81. The largest absolute Gasteiger partial charge is 0.478 e. The number of aromatic nitrogens is 3. The zero-order chi connectivity index (χ0) is 15.9. The van der Waals surface area contributed by atoms with E-state index < -0.39 is 0 Å². The van der Waals surface area contributed by atoms with Crippen molar-refractivity contribution in [1.82, 2.24) is 19.7 Å². The molecule has 2 aromatic rings. The highest BCUT2D eigenvalue weighted by molar-refractivity contribution is 5.44. The van der Waals surface area contributed by atoms with E-state index in [-0.39, 0.29) is 0 Å². The number of rotatable bonds is 8. The lowest BCUT2D eigenvalue weighted by Crippen LogP contribution is -2.32. The van der Waals surface area contributed by atoms with E-state index in [2.05, 4.69) is 28.1 Å². The first-order valence-electron chi connectivity index (χ1n) is 8.70. The summed E-state index contributed by atoms with van der Waals surface area (Å²) >= 11 is 0. The molecule has 0 amide bonds. The van der Waals surface area contributed by atoms with Gasteiger partial charge in [-0.05, 0) is 24.6 Å². The summed E-state index contributed by atoms with van der Waals surface area (Å²) in [5, 5.41) is 7.74. The minimum Gasteiger partial charge on any atom is -0.478 e. The Hall–Kier alpha value is -1.88. The van der Waals surface area contributed by atoms with Crippen LogP contribution in [0.25, 0.3) is 5.69 Å². The SMILES string of the molecule is CCCCCCCCN1COc2ccc(-n3cnnc3)cc2C1. The second kappa shape index (κ2) is 8.11. The van der Waals surface area contributed by atoms with Crippen molar-refractivity contribution in [3.8, 4) is 11.4 Å². The number of hydrogen-bond donors (Lipinski definition) is 0. The topological polar surface area (TPSA) is 43.2 Å². The average molecular weight is 314 g/mol. The summed E-state index contributed by atoms with van der Waals surface area (Å²) in [6.07, 6.45) is 11.4. The van der Waals surface area contributed by atoms with Crippen LogP contribution in [-0.2, 0) is 6.54 Å². The van der Waals surface area contributed by atoms with Crippen LogP contribution in [-0.4, -0.2) is 32.9 Å². The molecule has 0 atom stereocenters. The Morgan fingerprint density at radius 2 is 1.83 bits per heavy atom. The van der Waals surface area contributed by atoms with E-state index in [1.807, 2.05) is 16.7 Å². The zero-order valence-corrected chi connectivity index (χ0v) is 13.9. The fraction of sp³-hybridized carbons (Fsp3) is 0.556. The van der Waals surface area contributed by atoms with E-state index in [4.69, 9.17) is 4.74 Å². The van der Waals surface area contributed by atoms with Crippen LogP contribution in [0.1, 0.15) is 51.0 Å². The molecule has 3 rings (SSSR count). The summed E-state index contributed by atoms with van der Waals surface area (Å²) in [5.41, 5.74) is 2.33. The first kappa shape index (κ1) is 16.0. The van der Waals surface area contributed by atoms with E-state index in [9.17, 15) is 0 Å². The van der Waals surface area contributed by atoms with Crippen molar-refractivity contribution < 1.29 is 4.74 Å². The van der Waals surface area contributed by atoms with Crippen LogP contribution in [0, 0.1) is 0 Å². The first-order chi connectivity index (χ1) is 11.4. The van der Waals surface area contributed by atoms with Gasteiger partial charge in [0.2, 0.25) is 0 Å². The molecule has 0 radical (unpaired) electrons. The van der Waals surface area contributed by atoms with E-state index in [0.717, 1.165) is 24.5 Å². The molecule has 1 aromatic carbocycles. The van der Waals surface area contributed by atoms with E-state index in [1.165, 1.54) is 44.1 Å². The Bertz CT molecular complexity index is 597. The fourth-order valence-corrected chi connectivity index (χ4v) is 3.03. The van der Waals surface area contributed by atoms with E-state index in [0.29, 0.717) is 6.73 Å². The molecule has 5 nitrogen and oxygen atoms in total. The molecule has 0 saturated carbocycles. The van der Waals surface area contributed by atoms with Gasteiger partial charge >= 0.3 is 0 Å². The third-order valence-electron chi connectivity index (χ3n) is 4.39. The van der Waals surface area contributed by atoms with E-state index >= 15 is 0 Å². The number of unbranched alkanes of at least 4 members (excludes halogenated alkanes) is 5. The molecule has 0 N–H and O–H groups in total. The van der Waals surface area contributed by atoms with Gasteiger partial charge in [0.15, 0.2) is 0 Å². The fourth-order valence-electron chi connectivity index (χ4n) is 3.03. The zero-order valence-electron chi connectivity index (χ0n) is 13.9. The van der Waals surface area contributed by atoms with Crippen LogP contribution in [0.15, 0.2) is 30.9 Å². The number of nitrogens with zero attached hydrogens (tertiary/aromatic N) is 4. The molecule has 2 heterocycles. The lowest BCUT2D eigenvalue weighted by atomic mass is 10.1. The van der Waals surface area contributed by atoms with Crippen LogP contribution >= 0.6 is 0 Å². The standard InChI is InChI=1S/C18H26N4O/c1-2-3-4-5-6-7-10-21-12-16-11-17(22-13-19-20-14-22)8-9-18(16)23-15-21/h8-9,11,13-14H,2-7,10,12,15H2,1H3. The second-order valence-electron chi connectivity index (χ2n) is 6.25. The van der Waals surface area contributed by atoms with Crippen molar-refractivity contribution in [3.05, 3.63) is 36.4 Å². The van der Waals surface area contributed by atoms with Crippen LogP contribution in [0.4, 0.5) is 0 Å². The molecule has 0 aliphatic carbocycles. The number of hydrogen-bond acceptors (Lipinski definition) is 4. The molecule has 124 valence electrons. The maximum atomic E-state index is 5.89. The first-order valence-corrected chi connectivity index (χ1v) is 8.70. The second-order valence-corrected chi connectivity index (χ2v) is 6.25. The lowest BCUT2D eigenvalue weighted by molar-refractivity contribution is 0.0935. The lowest BCUT2D eigenvalue weighted by Gasteiger charge is -2.29. The average Bonchev–Trinajstić information content (AvgIpc) is 3.12. The maximum Gasteiger partial charge on any atom is 0.142 e. The molecule has 1 aromatic heterocycles. The summed E-state index contributed by atoms with van der Waals surface area (Å²) in [4.78, 5) is 2.39. The third-order valence-corrected chi connectivity index (χ3v) is 4.39. The van der Waals surface area contributed by atoms with Gasteiger partial charge in [-0.3, -0.25) is 9.47 Å². The Morgan fingerprint density at radius 1 is 1.04 bits per heavy atom. The smallest absolute Gasteiger partial charge is 0.142 e. The summed E-state index contributed by atoms with van der Waals surface area (Å²) in [6, 6.07) is 6.27. The number of ether oxygens (including phenoxy) is 1. The Balaban J connectivity index is 1.52. The molecular formula is C18H26N4O. The van der Waals surface area contributed by atoms with Crippen molar-refractivity contribution in [3.63, 3.8) is 0 Å². The van der Waals surface area contributed by atoms with Crippen molar-refractivity contribution >= 4 is 0 Å². The monoisotopic (exact) mass is 314 g/mol. The van der Waals surface area contributed by atoms with Gasteiger partial charge < -0.3 is 4.74 Å². The summed E-state index contributed by atoms with van der Waals surface area (Å²) in [5.74, 6) is 1.00. The Labute approximate surface area is 138 Å². The quantitative estimate of drug-likeness (QED) is 0.696. The highest BCUT2D eigenvalue weighted by Gasteiger charge is 2.17. The van der Waals surface area contributed by atoms with Gasteiger partial charge in [-0.2, -0.15) is 0 Å². The van der Waals surface area contributed by atoms with Gasteiger partial charge in [0.25, 0.3) is 0 Å². The van der Waals surface area contributed by atoms with Gasteiger partial charge in [0.05, 0.1) is 0 Å². The molecule has 1 aliphatic heterocycles. The molecule has 0 spiro atoms.